The smallest absolute Gasteiger partial charge is 0.222 e. The van der Waals surface area contributed by atoms with E-state index in [-0.39, 0.29) is 18.5 Å². The molecule has 2 aromatic heterocycles. The summed E-state index contributed by atoms with van der Waals surface area (Å²) in [6.45, 7) is 1.60. The van der Waals surface area contributed by atoms with E-state index in [1.165, 1.54) is 6.92 Å². The number of imidazole rings is 1. The van der Waals surface area contributed by atoms with E-state index in [0.29, 0.717) is 36.2 Å². The number of hydrogen-bond donors (Lipinski definition) is 4. The molecule has 0 aromatic carbocycles. The van der Waals surface area contributed by atoms with E-state index >= 15 is 0 Å². The van der Waals surface area contributed by atoms with Crippen LogP contribution in [0.5, 0.6) is 0 Å². The Morgan fingerprint density at radius 2 is 2.33 bits per heavy atom. The number of aliphatic hydroxyl groups excluding tert-OH is 2. The predicted molar refractivity (Wildman–Crippen MR) is 83.7 cm³/mol. The van der Waals surface area contributed by atoms with Gasteiger partial charge in [-0.1, -0.05) is 0 Å². The Hall–Kier alpha value is -2.30. The van der Waals surface area contributed by atoms with Gasteiger partial charge in [-0.25, -0.2) is 9.97 Å². The maximum absolute atomic E-state index is 11.0. The first-order valence-electron chi connectivity index (χ1n) is 7.67. The van der Waals surface area contributed by atoms with Crippen LogP contribution in [0.4, 0.5) is 5.95 Å². The summed E-state index contributed by atoms with van der Waals surface area (Å²) in [6, 6.07) is 0. The van der Waals surface area contributed by atoms with Crippen molar-refractivity contribution >= 4 is 23.0 Å². The Balaban J connectivity index is 1.89. The molecule has 1 saturated heterocycles. The second-order valence-electron chi connectivity index (χ2n) is 5.70. The number of carbonyl (C=O) groups is 1. The molecule has 130 valence electrons. The van der Waals surface area contributed by atoms with Crippen LogP contribution in [0, 0.1) is 0 Å². The lowest BCUT2D eigenvalue weighted by Gasteiger charge is -2.14. The highest BCUT2D eigenvalue weighted by molar-refractivity contribution is 5.75. The van der Waals surface area contributed by atoms with E-state index < -0.39 is 18.4 Å². The first-order chi connectivity index (χ1) is 11.5. The maximum atomic E-state index is 11.0. The molecular weight excluding hydrogens is 316 g/mol. The molecule has 24 heavy (non-hydrogen) atoms. The van der Waals surface area contributed by atoms with Gasteiger partial charge in [-0.05, 0) is 0 Å². The maximum Gasteiger partial charge on any atom is 0.222 e. The monoisotopic (exact) mass is 336 g/mol. The van der Waals surface area contributed by atoms with Gasteiger partial charge in [-0.3, -0.25) is 9.36 Å². The standard InChI is InChI=1S/C14H20N6O4/c1-7(22)16-3-2-8-12-13(19-14(15)18-8)20(6-17-12)11-4-9(23)10(5-21)24-11/h6,9-11,21,23H,2-5H2,1H3,(H,16,22)(H2,15,18,19)/t9-,10+,11+/m0/s1. The summed E-state index contributed by atoms with van der Waals surface area (Å²) < 4.78 is 7.31. The van der Waals surface area contributed by atoms with Gasteiger partial charge in [-0.2, -0.15) is 4.98 Å². The van der Waals surface area contributed by atoms with E-state index in [9.17, 15) is 15.0 Å². The summed E-state index contributed by atoms with van der Waals surface area (Å²) in [5.74, 6) is -0.0264. The van der Waals surface area contributed by atoms with E-state index in [2.05, 4.69) is 20.3 Å². The quantitative estimate of drug-likeness (QED) is 0.528. The number of aromatic nitrogens is 4. The molecule has 0 spiro atoms. The summed E-state index contributed by atoms with van der Waals surface area (Å²) in [6.07, 6.45) is 0.466. The first kappa shape index (κ1) is 16.6. The summed E-state index contributed by atoms with van der Waals surface area (Å²) >= 11 is 0. The zero-order chi connectivity index (χ0) is 17.3. The molecule has 10 heteroatoms. The van der Waals surface area contributed by atoms with Crippen LogP contribution < -0.4 is 11.1 Å². The highest BCUT2D eigenvalue weighted by Gasteiger charge is 2.35. The van der Waals surface area contributed by atoms with Crippen LogP contribution in [0.1, 0.15) is 25.3 Å². The van der Waals surface area contributed by atoms with Crippen LogP contribution in [-0.4, -0.2) is 61.0 Å². The number of fused-ring (bicyclic) bond motifs is 1. The molecule has 10 nitrogen and oxygen atoms in total. The number of amides is 1. The predicted octanol–water partition coefficient (Wildman–Crippen LogP) is -1.27. The Labute approximate surface area is 137 Å². The average Bonchev–Trinajstić information content (AvgIpc) is 3.09. The fourth-order valence-corrected chi connectivity index (χ4v) is 2.79. The highest BCUT2D eigenvalue weighted by atomic mass is 16.5. The van der Waals surface area contributed by atoms with Gasteiger partial charge in [0.05, 0.1) is 24.7 Å². The van der Waals surface area contributed by atoms with Crippen molar-refractivity contribution in [3.05, 3.63) is 12.0 Å². The largest absolute Gasteiger partial charge is 0.394 e. The molecule has 1 fully saturated rings. The molecule has 1 amide bonds. The van der Waals surface area contributed by atoms with Crippen molar-refractivity contribution in [2.75, 3.05) is 18.9 Å². The van der Waals surface area contributed by atoms with E-state index in [1.807, 2.05) is 0 Å². The minimum atomic E-state index is -0.754. The topological polar surface area (TPSA) is 148 Å². The number of rotatable bonds is 5. The van der Waals surface area contributed by atoms with Gasteiger partial charge in [0.1, 0.15) is 17.8 Å². The lowest BCUT2D eigenvalue weighted by molar-refractivity contribution is -0.118. The van der Waals surface area contributed by atoms with Gasteiger partial charge < -0.3 is 26.0 Å². The number of carbonyl (C=O) groups excluding carboxylic acids is 1. The van der Waals surface area contributed by atoms with Crippen molar-refractivity contribution in [3.8, 4) is 0 Å². The van der Waals surface area contributed by atoms with Crippen molar-refractivity contribution in [2.24, 2.45) is 0 Å². The van der Waals surface area contributed by atoms with Crippen molar-refractivity contribution in [1.82, 2.24) is 24.8 Å². The molecule has 3 heterocycles. The molecule has 3 atom stereocenters. The van der Waals surface area contributed by atoms with Gasteiger partial charge in [0.15, 0.2) is 5.65 Å². The number of anilines is 1. The SMILES string of the molecule is CC(=O)NCCc1nc(N)nc2c1ncn2[C@H]1C[C@H](O)[C@@H](CO)O1. The molecule has 5 N–H and O–H groups in total. The molecule has 0 aliphatic carbocycles. The highest BCUT2D eigenvalue weighted by Crippen LogP contribution is 2.31. The van der Waals surface area contributed by atoms with Crippen LogP contribution in [0.25, 0.3) is 11.2 Å². The first-order valence-corrected chi connectivity index (χ1v) is 7.67. The van der Waals surface area contributed by atoms with Gasteiger partial charge in [0.2, 0.25) is 11.9 Å². The Morgan fingerprint density at radius 3 is 3.00 bits per heavy atom. The number of nitrogens with one attached hydrogen (secondary N) is 1. The molecule has 1 aliphatic heterocycles. The molecular formula is C14H20N6O4. The van der Waals surface area contributed by atoms with Crippen LogP contribution in [0.15, 0.2) is 6.33 Å². The summed E-state index contributed by atoms with van der Waals surface area (Å²) in [5, 5.41) is 21.8. The zero-order valence-electron chi connectivity index (χ0n) is 13.2. The Bertz CT molecular complexity index is 748. The van der Waals surface area contributed by atoms with Gasteiger partial charge in [-0.15, -0.1) is 0 Å². The number of nitrogen functional groups attached to an aromatic ring is 1. The molecule has 0 bridgehead atoms. The van der Waals surface area contributed by atoms with Gasteiger partial charge in [0, 0.05) is 26.3 Å². The third-order valence-corrected chi connectivity index (χ3v) is 3.94. The van der Waals surface area contributed by atoms with Crippen LogP contribution >= 0.6 is 0 Å². The lowest BCUT2D eigenvalue weighted by Crippen LogP contribution is -2.24. The molecule has 3 rings (SSSR count). The van der Waals surface area contributed by atoms with E-state index in [1.54, 1.807) is 10.9 Å². The van der Waals surface area contributed by atoms with Gasteiger partial charge in [0.25, 0.3) is 0 Å². The summed E-state index contributed by atoms with van der Waals surface area (Å²) in [7, 11) is 0. The number of ether oxygens (including phenoxy) is 1. The van der Waals surface area contributed by atoms with Crippen molar-refractivity contribution in [1.29, 1.82) is 0 Å². The van der Waals surface area contributed by atoms with Crippen LogP contribution in [-0.2, 0) is 16.0 Å². The zero-order valence-corrected chi connectivity index (χ0v) is 13.2. The van der Waals surface area contributed by atoms with Crippen molar-refractivity contribution in [3.63, 3.8) is 0 Å². The molecule has 1 aliphatic rings. The van der Waals surface area contributed by atoms with Crippen molar-refractivity contribution in [2.45, 2.75) is 38.2 Å². The number of hydrogen-bond acceptors (Lipinski definition) is 8. The fraction of sp³-hybridized carbons (Fsp3) is 0.571. The minimum absolute atomic E-state index is 0.0966. The number of nitrogens with zero attached hydrogens (tertiary/aromatic N) is 4. The second kappa shape index (κ2) is 6.67. The van der Waals surface area contributed by atoms with Crippen LogP contribution in [0.2, 0.25) is 0 Å². The van der Waals surface area contributed by atoms with Crippen LogP contribution in [0.3, 0.4) is 0 Å². The Morgan fingerprint density at radius 1 is 1.54 bits per heavy atom. The fourth-order valence-electron chi connectivity index (χ4n) is 2.79. The molecule has 0 radical (unpaired) electrons. The summed E-state index contributed by atoms with van der Waals surface area (Å²) in [5.41, 5.74) is 7.48. The lowest BCUT2D eigenvalue weighted by atomic mass is 10.2. The average molecular weight is 336 g/mol. The number of nitrogens with two attached hydrogens (primary N) is 1. The number of aliphatic hydroxyl groups is 2. The third-order valence-electron chi connectivity index (χ3n) is 3.94. The summed E-state index contributed by atoms with van der Waals surface area (Å²) in [4.78, 5) is 23.7. The van der Waals surface area contributed by atoms with E-state index in [0.717, 1.165) is 0 Å². The van der Waals surface area contributed by atoms with Gasteiger partial charge >= 0.3 is 0 Å². The molecule has 0 unspecified atom stereocenters. The molecule has 2 aromatic rings. The normalized spacial score (nSPS) is 23.7. The van der Waals surface area contributed by atoms with Crippen molar-refractivity contribution < 1.29 is 19.7 Å². The second-order valence-corrected chi connectivity index (χ2v) is 5.70. The minimum Gasteiger partial charge on any atom is -0.394 e. The molecule has 0 saturated carbocycles. The third kappa shape index (κ3) is 3.16. The van der Waals surface area contributed by atoms with E-state index in [4.69, 9.17) is 10.5 Å². The Kier molecular flexibility index (Phi) is 4.60.